The summed E-state index contributed by atoms with van der Waals surface area (Å²) in [6.45, 7) is 3.10. The number of fused-ring (bicyclic) bond motifs is 4. The number of hydrogen-bond donors (Lipinski definition) is 1. The summed E-state index contributed by atoms with van der Waals surface area (Å²) < 4.78 is 18.2. The predicted molar refractivity (Wildman–Crippen MR) is 102 cm³/mol. The van der Waals surface area contributed by atoms with Gasteiger partial charge in [-0.3, -0.25) is 4.98 Å². The molecule has 5 rings (SSSR count). The maximum Gasteiger partial charge on any atom is 0.283 e. The van der Waals surface area contributed by atoms with Crippen LogP contribution in [0.3, 0.4) is 0 Å². The molecule has 3 unspecified atom stereocenters. The van der Waals surface area contributed by atoms with E-state index in [1.54, 1.807) is 12.4 Å². The smallest absolute Gasteiger partial charge is 0.283 e. The molecule has 0 aliphatic carbocycles. The van der Waals surface area contributed by atoms with Crippen LogP contribution in [0.4, 0.5) is 0 Å². The maximum atomic E-state index is 6.43. The molecule has 1 saturated heterocycles. The topological polar surface area (TPSA) is 79.0 Å². The highest BCUT2D eigenvalue weighted by molar-refractivity contribution is 6.30. The van der Waals surface area contributed by atoms with Crippen LogP contribution < -0.4 is 10.5 Å². The van der Waals surface area contributed by atoms with Crippen molar-refractivity contribution in [2.75, 3.05) is 13.2 Å². The van der Waals surface area contributed by atoms with E-state index in [4.69, 9.17) is 36.5 Å². The van der Waals surface area contributed by atoms with Crippen LogP contribution in [0.5, 0.6) is 5.75 Å². The molecule has 1 spiro atoms. The SMILES string of the molecule is CC12CCCOC1C1(COC(N)=N1)c1cc(-c3cncc(Cl)c3)ccc1O2. The van der Waals surface area contributed by atoms with Crippen molar-refractivity contribution in [2.45, 2.75) is 37.0 Å². The lowest BCUT2D eigenvalue weighted by atomic mass is 9.72. The number of benzene rings is 1. The van der Waals surface area contributed by atoms with Crippen LogP contribution in [0.15, 0.2) is 41.7 Å². The first-order valence-corrected chi connectivity index (χ1v) is 9.42. The molecule has 3 aliphatic heterocycles. The number of rotatable bonds is 1. The monoisotopic (exact) mass is 385 g/mol. The van der Waals surface area contributed by atoms with Gasteiger partial charge in [-0.2, -0.15) is 0 Å². The Labute approximate surface area is 162 Å². The van der Waals surface area contributed by atoms with Gasteiger partial charge in [-0.1, -0.05) is 17.7 Å². The van der Waals surface area contributed by atoms with E-state index in [0.29, 0.717) is 18.2 Å². The standard InChI is InChI=1S/C20H20ClN3O3/c1-19-5-2-6-25-17(19)20(11-26-18(22)24-20)15-8-12(3-4-16(15)27-19)13-7-14(21)10-23-9-13/h3-4,7-10,17H,2,5-6,11H2,1H3,(H2,22,24). The fraction of sp³-hybridized carbons (Fsp3) is 0.400. The highest BCUT2D eigenvalue weighted by Crippen LogP contribution is 2.52. The fourth-order valence-electron chi connectivity index (χ4n) is 4.50. The normalized spacial score (nSPS) is 31.5. The zero-order valence-corrected chi connectivity index (χ0v) is 15.7. The minimum absolute atomic E-state index is 0.189. The molecule has 4 heterocycles. The van der Waals surface area contributed by atoms with E-state index in [1.165, 1.54) is 0 Å². The van der Waals surface area contributed by atoms with Crippen molar-refractivity contribution in [3.05, 3.63) is 47.2 Å². The van der Waals surface area contributed by atoms with Gasteiger partial charge in [-0.25, -0.2) is 4.99 Å². The van der Waals surface area contributed by atoms with E-state index >= 15 is 0 Å². The Kier molecular flexibility index (Phi) is 3.64. The van der Waals surface area contributed by atoms with Gasteiger partial charge in [0.05, 0.1) is 5.02 Å². The molecule has 3 atom stereocenters. The fourth-order valence-corrected chi connectivity index (χ4v) is 4.67. The van der Waals surface area contributed by atoms with E-state index in [0.717, 1.165) is 35.3 Å². The number of hydrogen-bond acceptors (Lipinski definition) is 6. The summed E-state index contributed by atoms with van der Waals surface area (Å²) in [5.41, 5.74) is 7.58. The van der Waals surface area contributed by atoms with Gasteiger partial charge in [0.15, 0.2) is 5.54 Å². The van der Waals surface area contributed by atoms with Gasteiger partial charge in [0.1, 0.15) is 24.1 Å². The molecule has 140 valence electrons. The Morgan fingerprint density at radius 3 is 2.89 bits per heavy atom. The Balaban J connectivity index is 1.70. The summed E-state index contributed by atoms with van der Waals surface area (Å²) >= 11 is 6.12. The second kappa shape index (κ2) is 5.84. The third-order valence-corrected chi connectivity index (χ3v) is 5.87. The molecule has 1 aromatic carbocycles. The number of aromatic nitrogens is 1. The van der Waals surface area contributed by atoms with Crippen molar-refractivity contribution >= 4 is 17.6 Å². The van der Waals surface area contributed by atoms with Crippen molar-refractivity contribution < 1.29 is 14.2 Å². The van der Waals surface area contributed by atoms with Crippen molar-refractivity contribution in [1.29, 1.82) is 0 Å². The van der Waals surface area contributed by atoms with E-state index < -0.39 is 11.1 Å². The van der Waals surface area contributed by atoms with E-state index in [9.17, 15) is 0 Å². The second-order valence-electron chi connectivity index (χ2n) is 7.53. The average molecular weight is 386 g/mol. The molecule has 0 radical (unpaired) electrons. The second-order valence-corrected chi connectivity index (χ2v) is 7.97. The minimum atomic E-state index is -0.713. The number of nitrogens with two attached hydrogens (primary N) is 1. The molecule has 7 heteroatoms. The van der Waals surface area contributed by atoms with Crippen LogP contribution in [0.25, 0.3) is 11.1 Å². The van der Waals surface area contributed by atoms with Crippen molar-refractivity contribution in [2.24, 2.45) is 10.7 Å². The van der Waals surface area contributed by atoms with Gasteiger partial charge in [0, 0.05) is 30.1 Å². The summed E-state index contributed by atoms with van der Waals surface area (Å²) in [6.07, 6.45) is 4.98. The van der Waals surface area contributed by atoms with Gasteiger partial charge in [0.25, 0.3) is 6.02 Å². The molecule has 1 fully saturated rings. The Bertz CT molecular complexity index is 950. The molecule has 6 nitrogen and oxygen atoms in total. The maximum absolute atomic E-state index is 6.43. The third kappa shape index (κ3) is 2.51. The van der Waals surface area contributed by atoms with Gasteiger partial charge >= 0.3 is 0 Å². The van der Waals surface area contributed by atoms with Gasteiger partial charge in [-0.05, 0) is 43.5 Å². The zero-order valence-electron chi connectivity index (χ0n) is 14.9. The van der Waals surface area contributed by atoms with Gasteiger partial charge in [-0.15, -0.1) is 0 Å². The Morgan fingerprint density at radius 2 is 2.11 bits per heavy atom. The first kappa shape index (κ1) is 16.8. The van der Waals surface area contributed by atoms with Crippen LogP contribution in [0.1, 0.15) is 25.3 Å². The predicted octanol–water partition coefficient (Wildman–Crippen LogP) is 3.27. The zero-order chi connectivity index (χ0) is 18.6. The number of ether oxygens (including phenoxy) is 3. The average Bonchev–Trinajstić information content (AvgIpc) is 3.04. The lowest BCUT2D eigenvalue weighted by Crippen LogP contribution is -2.62. The third-order valence-electron chi connectivity index (χ3n) is 5.67. The largest absolute Gasteiger partial charge is 0.484 e. The van der Waals surface area contributed by atoms with E-state index in [2.05, 4.69) is 18.0 Å². The molecule has 0 bridgehead atoms. The Hall–Kier alpha value is -2.31. The first-order chi connectivity index (χ1) is 13.0. The number of nitrogens with zero attached hydrogens (tertiary/aromatic N) is 2. The number of halogens is 1. The molecular formula is C20H20ClN3O3. The summed E-state index contributed by atoms with van der Waals surface area (Å²) in [5, 5.41) is 0.589. The first-order valence-electron chi connectivity index (χ1n) is 9.04. The van der Waals surface area contributed by atoms with Crippen LogP contribution in [0, 0.1) is 0 Å². The van der Waals surface area contributed by atoms with Crippen molar-refractivity contribution in [3.8, 4) is 16.9 Å². The van der Waals surface area contributed by atoms with Crippen molar-refractivity contribution in [1.82, 2.24) is 4.98 Å². The van der Waals surface area contributed by atoms with E-state index in [-0.39, 0.29) is 12.1 Å². The summed E-state index contributed by atoms with van der Waals surface area (Å²) in [6, 6.07) is 8.13. The molecule has 2 aromatic rings. The summed E-state index contributed by atoms with van der Waals surface area (Å²) in [4.78, 5) is 8.92. The van der Waals surface area contributed by atoms with Gasteiger partial charge in [0.2, 0.25) is 0 Å². The molecule has 1 aromatic heterocycles. The highest BCUT2D eigenvalue weighted by Gasteiger charge is 2.60. The number of pyridine rings is 1. The molecule has 27 heavy (non-hydrogen) atoms. The Morgan fingerprint density at radius 1 is 1.22 bits per heavy atom. The lowest BCUT2D eigenvalue weighted by Gasteiger charge is -2.51. The van der Waals surface area contributed by atoms with Crippen LogP contribution >= 0.6 is 11.6 Å². The quantitative estimate of drug-likeness (QED) is 0.815. The lowest BCUT2D eigenvalue weighted by molar-refractivity contribution is -0.167. The molecule has 0 saturated carbocycles. The van der Waals surface area contributed by atoms with Crippen LogP contribution in [-0.4, -0.2) is 35.9 Å². The minimum Gasteiger partial charge on any atom is -0.484 e. The van der Waals surface area contributed by atoms with Crippen molar-refractivity contribution in [3.63, 3.8) is 0 Å². The summed E-state index contributed by atoms with van der Waals surface area (Å²) in [7, 11) is 0. The highest BCUT2D eigenvalue weighted by atomic mass is 35.5. The summed E-state index contributed by atoms with van der Waals surface area (Å²) in [5.74, 6) is 0.792. The number of aliphatic imine (C=N–C) groups is 1. The van der Waals surface area contributed by atoms with Crippen LogP contribution in [-0.2, 0) is 15.0 Å². The molecule has 2 N–H and O–H groups in total. The number of amidine groups is 1. The molecule has 3 aliphatic rings. The van der Waals surface area contributed by atoms with E-state index in [1.807, 2.05) is 18.2 Å². The van der Waals surface area contributed by atoms with Crippen LogP contribution in [0.2, 0.25) is 5.02 Å². The van der Waals surface area contributed by atoms with Gasteiger partial charge < -0.3 is 19.9 Å². The molecular weight excluding hydrogens is 366 g/mol. The molecule has 0 amide bonds.